The second kappa shape index (κ2) is 4.96. The first-order valence-electron chi connectivity index (χ1n) is 6.95. The van der Waals surface area contributed by atoms with Crippen LogP contribution >= 0.6 is 0 Å². The van der Waals surface area contributed by atoms with Gasteiger partial charge in [0.25, 0.3) is 0 Å². The van der Waals surface area contributed by atoms with Crippen LogP contribution in [0.3, 0.4) is 0 Å². The van der Waals surface area contributed by atoms with Gasteiger partial charge in [0.1, 0.15) is 0 Å². The lowest BCUT2D eigenvalue weighted by atomic mass is 9.84. The van der Waals surface area contributed by atoms with Crippen molar-refractivity contribution in [2.75, 3.05) is 11.5 Å². The summed E-state index contributed by atoms with van der Waals surface area (Å²) in [5.74, 6) is 1.23. The van der Waals surface area contributed by atoms with Crippen LogP contribution in [0.1, 0.15) is 42.2 Å². The zero-order valence-corrected chi connectivity index (χ0v) is 11.0. The Balaban J connectivity index is 1.89. The van der Waals surface area contributed by atoms with Crippen LogP contribution in [0, 0.1) is 0 Å². The van der Waals surface area contributed by atoms with Crippen molar-refractivity contribution >= 4 is 11.4 Å². The fourth-order valence-electron chi connectivity index (χ4n) is 3.24. The molecule has 2 nitrogen and oxygen atoms in total. The molecule has 1 saturated carbocycles. The van der Waals surface area contributed by atoms with Crippen LogP contribution in [0.25, 0.3) is 0 Å². The highest BCUT2D eigenvalue weighted by atomic mass is 14.5. The third kappa shape index (κ3) is 2.43. The molecule has 2 atom stereocenters. The van der Waals surface area contributed by atoms with Crippen molar-refractivity contribution in [3.63, 3.8) is 0 Å². The third-order valence-electron chi connectivity index (χ3n) is 4.25. The molecule has 98 valence electrons. The van der Waals surface area contributed by atoms with E-state index in [0.717, 1.165) is 11.4 Å². The maximum atomic E-state index is 5.77. The number of rotatable bonds is 2. The van der Waals surface area contributed by atoms with E-state index in [1.54, 1.807) is 0 Å². The molecule has 0 unspecified atom stereocenters. The predicted molar refractivity (Wildman–Crippen MR) is 81.0 cm³/mol. The minimum Gasteiger partial charge on any atom is -0.399 e. The summed E-state index contributed by atoms with van der Waals surface area (Å²) in [6.07, 6.45) is 3.82. The molecule has 2 aromatic carbocycles. The number of hydrogen-bond donors (Lipinski definition) is 2. The monoisotopic (exact) mass is 252 g/mol. The minimum atomic E-state index is 0.615. The van der Waals surface area contributed by atoms with Crippen LogP contribution in [-0.2, 0) is 0 Å². The molecule has 0 spiro atoms. The van der Waals surface area contributed by atoms with Crippen LogP contribution in [0.2, 0.25) is 0 Å². The quantitative estimate of drug-likeness (QED) is 0.796. The lowest BCUT2D eigenvalue weighted by Gasteiger charge is -2.21. The average molecular weight is 252 g/mol. The first-order valence-corrected chi connectivity index (χ1v) is 6.95. The van der Waals surface area contributed by atoms with E-state index in [0.29, 0.717) is 11.8 Å². The Kier molecular flexibility index (Phi) is 3.16. The Labute approximate surface area is 114 Å². The van der Waals surface area contributed by atoms with Crippen LogP contribution in [-0.4, -0.2) is 0 Å². The number of nitrogen functional groups attached to an aromatic ring is 2. The normalized spacial score (nSPS) is 22.5. The highest BCUT2D eigenvalue weighted by Gasteiger charge is 2.29. The van der Waals surface area contributed by atoms with E-state index in [9.17, 15) is 0 Å². The van der Waals surface area contributed by atoms with E-state index in [2.05, 4.69) is 24.3 Å². The van der Waals surface area contributed by atoms with E-state index in [-0.39, 0.29) is 0 Å². The highest BCUT2D eigenvalue weighted by Crippen LogP contribution is 2.46. The third-order valence-corrected chi connectivity index (χ3v) is 4.25. The molecule has 0 heterocycles. The molecule has 0 aromatic heterocycles. The molecule has 0 bridgehead atoms. The van der Waals surface area contributed by atoms with E-state index in [4.69, 9.17) is 11.5 Å². The van der Waals surface area contributed by atoms with Gasteiger partial charge in [-0.2, -0.15) is 0 Å². The molecular formula is C17H20N2. The Hall–Kier alpha value is -1.96. The van der Waals surface area contributed by atoms with Gasteiger partial charge in [0.05, 0.1) is 0 Å². The first kappa shape index (κ1) is 12.1. The van der Waals surface area contributed by atoms with Crippen molar-refractivity contribution in [3.8, 4) is 0 Å². The van der Waals surface area contributed by atoms with Crippen LogP contribution < -0.4 is 11.5 Å². The molecule has 1 aliphatic carbocycles. The average Bonchev–Trinajstić information content (AvgIpc) is 2.90. The van der Waals surface area contributed by atoms with Gasteiger partial charge in [-0.1, -0.05) is 30.7 Å². The molecule has 2 heteroatoms. The molecular weight excluding hydrogens is 232 g/mol. The van der Waals surface area contributed by atoms with Gasteiger partial charge < -0.3 is 11.5 Å². The fraction of sp³-hybridized carbons (Fsp3) is 0.294. The number of benzene rings is 2. The lowest BCUT2D eigenvalue weighted by Crippen LogP contribution is -2.05. The summed E-state index contributed by atoms with van der Waals surface area (Å²) < 4.78 is 0. The van der Waals surface area contributed by atoms with Gasteiger partial charge in [-0.3, -0.25) is 0 Å². The number of nitrogens with two attached hydrogens (primary N) is 2. The number of anilines is 2. The van der Waals surface area contributed by atoms with Gasteiger partial charge in [-0.05, 0) is 60.1 Å². The van der Waals surface area contributed by atoms with Crippen LogP contribution in [0.4, 0.5) is 11.4 Å². The van der Waals surface area contributed by atoms with E-state index < -0.39 is 0 Å². The molecule has 0 saturated heterocycles. The zero-order valence-electron chi connectivity index (χ0n) is 11.0. The van der Waals surface area contributed by atoms with Crippen LogP contribution in [0.15, 0.2) is 48.5 Å². The maximum absolute atomic E-state index is 5.77. The Morgan fingerprint density at radius 3 is 1.37 bits per heavy atom. The summed E-state index contributed by atoms with van der Waals surface area (Å²) in [5, 5.41) is 0. The summed E-state index contributed by atoms with van der Waals surface area (Å²) in [7, 11) is 0. The molecule has 1 fully saturated rings. The summed E-state index contributed by atoms with van der Waals surface area (Å²) >= 11 is 0. The Bertz CT molecular complexity index is 491. The Morgan fingerprint density at radius 2 is 1.00 bits per heavy atom. The standard InChI is InChI=1S/C17H20N2/c18-14-8-4-12(5-9-14)16-2-1-3-17(16)13-6-10-15(19)11-7-13/h4-11,16-17H,1-3,18-19H2/t16-,17-/m1/s1. The SMILES string of the molecule is Nc1ccc([C@H]2CCC[C@@H]2c2ccc(N)cc2)cc1. The molecule has 0 amide bonds. The molecule has 0 aliphatic heterocycles. The maximum Gasteiger partial charge on any atom is 0.0314 e. The summed E-state index contributed by atoms with van der Waals surface area (Å²) in [6.45, 7) is 0. The van der Waals surface area contributed by atoms with Gasteiger partial charge in [-0.15, -0.1) is 0 Å². The number of hydrogen-bond acceptors (Lipinski definition) is 2. The molecule has 0 radical (unpaired) electrons. The topological polar surface area (TPSA) is 52.0 Å². The van der Waals surface area contributed by atoms with Crippen molar-refractivity contribution in [3.05, 3.63) is 59.7 Å². The first-order chi connectivity index (χ1) is 9.24. The second-order valence-corrected chi connectivity index (χ2v) is 5.48. The lowest BCUT2D eigenvalue weighted by molar-refractivity contribution is 0.624. The second-order valence-electron chi connectivity index (χ2n) is 5.48. The summed E-state index contributed by atoms with van der Waals surface area (Å²) in [4.78, 5) is 0. The minimum absolute atomic E-state index is 0.615. The van der Waals surface area contributed by atoms with Crippen molar-refractivity contribution in [1.29, 1.82) is 0 Å². The van der Waals surface area contributed by atoms with Gasteiger partial charge in [0.15, 0.2) is 0 Å². The molecule has 2 aromatic rings. The van der Waals surface area contributed by atoms with Crippen molar-refractivity contribution in [1.82, 2.24) is 0 Å². The van der Waals surface area contributed by atoms with Crippen molar-refractivity contribution in [2.45, 2.75) is 31.1 Å². The summed E-state index contributed by atoms with van der Waals surface area (Å²) in [6, 6.07) is 16.7. The fourth-order valence-corrected chi connectivity index (χ4v) is 3.24. The Morgan fingerprint density at radius 1 is 0.632 bits per heavy atom. The summed E-state index contributed by atoms with van der Waals surface area (Å²) in [5.41, 5.74) is 16.0. The molecule has 19 heavy (non-hydrogen) atoms. The smallest absolute Gasteiger partial charge is 0.0314 e. The van der Waals surface area contributed by atoms with Gasteiger partial charge >= 0.3 is 0 Å². The van der Waals surface area contributed by atoms with E-state index >= 15 is 0 Å². The van der Waals surface area contributed by atoms with E-state index in [1.807, 2.05) is 24.3 Å². The van der Waals surface area contributed by atoms with Crippen molar-refractivity contribution in [2.24, 2.45) is 0 Å². The van der Waals surface area contributed by atoms with E-state index in [1.165, 1.54) is 30.4 Å². The van der Waals surface area contributed by atoms with Crippen LogP contribution in [0.5, 0.6) is 0 Å². The van der Waals surface area contributed by atoms with Gasteiger partial charge in [0.2, 0.25) is 0 Å². The predicted octanol–water partition coefficient (Wildman–Crippen LogP) is 3.90. The molecule has 1 aliphatic rings. The molecule has 3 rings (SSSR count). The molecule has 4 N–H and O–H groups in total. The highest BCUT2D eigenvalue weighted by molar-refractivity contribution is 5.44. The van der Waals surface area contributed by atoms with Gasteiger partial charge in [0, 0.05) is 11.4 Å². The van der Waals surface area contributed by atoms with Crippen molar-refractivity contribution < 1.29 is 0 Å². The van der Waals surface area contributed by atoms with Gasteiger partial charge in [-0.25, -0.2) is 0 Å². The largest absolute Gasteiger partial charge is 0.399 e. The zero-order chi connectivity index (χ0) is 13.2.